The number of methoxy groups -OCH3 is 3. The van der Waals surface area contributed by atoms with Crippen LogP contribution >= 0.6 is 24.0 Å². The van der Waals surface area contributed by atoms with Crippen LogP contribution in [0.2, 0.25) is 0 Å². The number of hydrogen-bond acceptors (Lipinski definition) is 5. The average Bonchev–Trinajstić information content (AvgIpc) is 2.67. The first-order valence-corrected chi connectivity index (χ1v) is 9.44. The zero-order valence-corrected chi connectivity index (χ0v) is 20.3. The second-order valence-electron chi connectivity index (χ2n) is 6.46. The third-order valence-electron chi connectivity index (χ3n) is 3.75. The van der Waals surface area contributed by atoms with Crippen LogP contribution in [-0.4, -0.2) is 53.6 Å². The number of guanidine groups is 1. The number of aliphatic imine (C=N–C) groups is 1. The van der Waals surface area contributed by atoms with Gasteiger partial charge in [0.1, 0.15) is 5.75 Å². The Bertz CT molecular complexity index is 583. The first-order valence-electron chi connectivity index (χ1n) is 9.44. The molecule has 0 fully saturated rings. The molecule has 0 saturated carbocycles. The zero-order chi connectivity index (χ0) is 20.1. The summed E-state index contributed by atoms with van der Waals surface area (Å²) in [7, 11) is 4.85. The lowest BCUT2D eigenvalue weighted by Crippen LogP contribution is -2.38. The smallest absolute Gasteiger partial charge is 0.191 e. The fourth-order valence-corrected chi connectivity index (χ4v) is 2.42. The zero-order valence-electron chi connectivity index (χ0n) is 18.0. The number of halogens is 1. The van der Waals surface area contributed by atoms with Crippen LogP contribution in [0.3, 0.4) is 0 Å². The number of nitrogens with one attached hydrogen (secondary N) is 2. The summed E-state index contributed by atoms with van der Waals surface area (Å²) in [5.41, 5.74) is 0.924. The minimum absolute atomic E-state index is 0. The molecule has 0 amide bonds. The molecule has 0 atom stereocenters. The van der Waals surface area contributed by atoms with Crippen molar-refractivity contribution in [1.29, 1.82) is 0 Å². The highest BCUT2D eigenvalue weighted by atomic mass is 127. The lowest BCUT2D eigenvalue weighted by atomic mass is 10.1. The summed E-state index contributed by atoms with van der Waals surface area (Å²) in [6.45, 7) is 9.93. The normalized spacial score (nSPS) is 11.0. The fourth-order valence-electron chi connectivity index (χ4n) is 2.42. The van der Waals surface area contributed by atoms with Crippen LogP contribution < -0.4 is 24.8 Å². The molecule has 0 aliphatic carbocycles. The van der Waals surface area contributed by atoms with E-state index in [2.05, 4.69) is 29.5 Å². The quantitative estimate of drug-likeness (QED) is 0.195. The van der Waals surface area contributed by atoms with Crippen LogP contribution in [0.5, 0.6) is 17.2 Å². The number of benzene rings is 1. The van der Waals surface area contributed by atoms with E-state index in [0.29, 0.717) is 29.7 Å². The molecular formula is C20H36IN3O4. The van der Waals surface area contributed by atoms with Crippen LogP contribution in [0.1, 0.15) is 32.8 Å². The van der Waals surface area contributed by atoms with Gasteiger partial charge in [-0.25, -0.2) is 4.99 Å². The van der Waals surface area contributed by atoms with Gasteiger partial charge in [0.15, 0.2) is 17.5 Å². The summed E-state index contributed by atoms with van der Waals surface area (Å²) >= 11 is 0. The van der Waals surface area contributed by atoms with E-state index in [0.717, 1.165) is 44.2 Å². The molecule has 0 heterocycles. The fraction of sp³-hybridized carbons (Fsp3) is 0.650. The summed E-state index contributed by atoms with van der Waals surface area (Å²) < 4.78 is 21.8. The van der Waals surface area contributed by atoms with Crippen LogP contribution in [0.25, 0.3) is 0 Å². The Morgan fingerprint density at radius 1 is 1.00 bits per heavy atom. The van der Waals surface area contributed by atoms with Crippen LogP contribution in [-0.2, 0) is 11.3 Å². The predicted molar refractivity (Wildman–Crippen MR) is 125 cm³/mol. The first kappa shape index (κ1) is 26.6. The topological polar surface area (TPSA) is 73.3 Å². The Morgan fingerprint density at radius 3 is 2.21 bits per heavy atom. The lowest BCUT2D eigenvalue weighted by Gasteiger charge is -2.14. The van der Waals surface area contributed by atoms with Gasteiger partial charge in [-0.3, -0.25) is 0 Å². The summed E-state index contributed by atoms with van der Waals surface area (Å²) in [4.78, 5) is 4.65. The molecule has 0 unspecified atom stereocenters. The molecule has 0 bridgehead atoms. The maximum Gasteiger partial charge on any atom is 0.191 e. The molecule has 0 aromatic heterocycles. The summed E-state index contributed by atoms with van der Waals surface area (Å²) in [5, 5.41) is 6.58. The highest BCUT2D eigenvalue weighted by Crippen LogP contribution is 2.34. The van der Waals surface area contributed by atoms with Gasteiger partial charge in [-0.1, -0.05) is 13.8 Å². The third-order valence-corrected chi connectivity index (χ3v) is 3.75. The van der Waals surface area contributed by atoms with E-state index in [9.17, 15) is 0 Å². The molecule has 2 N–H and O–H groups in total. The third kappa shape index (κ3) is 9.68. The minimum atomic E-state index is 0. The molecule has 8 heteroatoms. The van der Waals surface area contributed by atoms with Crippen molar-refractivity contribution in [3.8, 4) is 17.2 Å². The Balaban J connectivity index is 0.00000729. The Kier molecular flexibility index (Phi) is 14.7. The molecule has 162 valence electrons. The Hall–Kier alpha value is -1.42. The van der Waals surface area contributed by atoms with Gasteiger partial charge in [0.2, 0.25) is 0 Å². The van der Waals surface area contributed by atoms with Gasteiger partial charge in [0.05, 0.1) is 27.9 Å². The molecule has 1 aromatic carbocycles. The van der Waals surface area contributed by atoms with Gasteiger partial charge in [0, 0.05) is 37.9 Å². The average molecular weight is 509 g/mol. The Labute approximate surface area is 186 Å². The van der Waals surface area contributed by atoms with Gasteiger partial charge < -0.3 is 29.6 Å². The molecule has 0 spiro atoms. The summed E-state index contributed by atoms with van der Waals surface area (Å²) in [5.74, 6) is 3.33. The number of rotatable bonds is 12. The van der Waals surface area contributed by atoms with Gasteiger partial charge in [-0.15, -0.1) is 24.0 Å². The molecular weight excluding hydrogens is 473 g/mol. The van der Waals surface area contributed by atoms with E-state index < -0.39 is 0 Å². The van der Waals surface area contributed by atoms with E-state index in [1.807, 2.05) is 19.1 Å². The Morgan fingerprint density at radius 2 is 1.64 bits per heavy atom. The largest absolute Gasteiger partial charge is 0.496 e. The first-order chi connectivity index (χ1) is 13.0. The summed E-state index contributed by atoms with van der Waals surface area (Å²) in [6.07, 6.45) is 0.927. The minimum Gasteiger partial charge on any atom is -0.496 e. The highest BCUT2D eigenvalue weighted by Gasteiger charge is 2.11. The predicted octanol–water partition coefficient (Wildman–Crippen LogP) is 3.45. The van der Waals surface area contributed by atoms with Gasteiger partial charge >= 0.3 is 0 Å². The maximum atomic E-state index is 5.60. The van der Waals surface area contributed by atoms with E-state index in [1.54, 1.807) is 21.3 Å². The van der Waals surface area contributed by atoms with Crippen molar-refractivity contribution in [2.24, 2.45) is 10.9 Å². The second-order valence-corrected chi connectivity index (χ2v) is 6.46. The van der Waals surface area contributed by atoms with Gasteiger partial charge in [-0.05, 0) is 25.3 Å². The van der Waals surface area contributed by atoms with Crippen molar-refractivity contribution < 1.29 is 18.9 Å². The molecule has 0 aliphatic heterocycles. The molecule has 0 radical (unpaired) electrons. The SMILES string of the molecule is CCNC(=NCc1cc(OC)c(OC)cc1OC)NCCCOCC(C)C.I. The molecule has 1 rings (SSSR count). The van der Waals surface area contributed by atoms with Crippen LogP contribution in [0.4, 0.5) is 0 Å². The molecule has 28 heavy (non-hydrogen) atoms. The standard InChI is InChI=1S/C20H35N3O4.HI/c1-7-21-20(22-9-8-10-27-14-15(2)3)23-13-16-11-18(25-5)19(26-6)12-17(16)24-4;/h11-12,15H,7-10,13-14H2,1-6H3,(H2,21,22,23);1H. The maximum absolute atomic E-state index is 5.60. The van der Waals surface area contributed by atoms with Gasteiger partial charge in [0.25, 0.3) is 0 Å². The second kappa shape index (κ2) is 15.5. The molecule has 7 nitrogen and oxygen atoms in total. The van der Waals surface area contributed by atoms with Crippen molar-refractivity contribution in [2.75, 3.05) is 47.6 Å². The monoisotopic (exact) mass is 509 g/mol. The van der Waals surface area contributed by atoms with Crippen molar-refractivity contribution in [3.05, 3.63) is 17.7 Å². The molecule has 0 aliphatic rings. The highest BCUT2D eigenvalue weighted by molar-refractivity contribution is 14.0. The van der Waals surface area contributed by atoms with E-state index in [-0.39, 0.29) is 24.0 Å². The van der Waals surface area contributed by atoms with Crippen molar-refractivity contribution >= 4 is 29.9 Å². The van der Waals surface area contributed by atoms with Crippen LogP contribution in [0.15, 0.2) is 17.1 Å². The van der Waals surface area contributed by atoms with E-state index in [4.69, 9.17) is 18.9 Å². The number of hydrogen-bond donors (Lipinski definition) is 2. The van der Waals surface area contributed by atoms with Gasteiger partial charge in [-0.2, -0.15) is 0 Å². The van der Waals surface area contributed by atoms with Crippen LogP contribution in [0, 0.1) is 5.92 Å². The van der Waals surface area contributed by atoms with Crippen molar-refractivity contribution in [2.45, 2.75) is 33.7 Å². The number of nitrogens with zero attached hydrogens (tertiary/aromatic N) is 1. The van der Waals surface area contributed by atoms with Crippen molar-refractivity contribution in [3.63, 3.8) is 0 Å². The molecule has 1 aromatic rings. The summed E-state index contributed by atoms with van der Waals surface area (Å²) in [6, 6.07) is 3.71. The van der Waals surface area contributed by atoms with E-state index >= 15 is 0 Å². The van der Waals surface area contributed by atoms with E-state index in [1.165, 1.54) is 0 Å². The number of ether oxygens (including phenoxy) is 4. The lowest BCUT2D eigenvalue weighted by molar-refractivity contribution is 0.108. The van der Waals surface area contributed by atoms with Crippen molar-refractivity contribution in [1.82, 2.24) is 10.6 Å². The molecule has 0 saturated heterocycles.